The van der Waals surface area contributed by atoms with E-state index in [-0.39, 0.29) is 0 Å². The maximum atomic E-state index is 5.27. The standard InChI is InChI=1S/C10H21N.C9H19NO.C8H17NO.C4H10N2.C4H10/c1-10(2,3)9-11-7-5-4-6-8-11;1-9(2,3)8-10-4-6-11-7-5-10;1-8(2,3)9-4-6-10-7-5-9;1-2-6-4-3-5-1;1-4(2)3/h4-9H2,1-3H3;4-8H2,1-3H3;4-7H2,1-3H3;5-6H,1-4H2;4H,1-3H3. The molecule has 0 radical (unpaired) electrons. The normalized spacial score (nSPS) is 21.4. The van der Waals surface area contributed by atoms with Crippen LogP contribution in [0.2, 0.25) is 0 Å². The number of piperazine rings is 1. The number of piperidine rings is 1. The molecule has 0 aromatic carbocycles. The minimum atomic E-state index is 0.323. The summed E-state index contributed by atoms with van der Waals surface area (Å²) in [5, 5.41) is 6.44. The van der Waals surface area contributed by atoms with Gasteiger partial charge in [0.2, 0.25) is 0 Å². The van der Waals surface area contributed by atoms with Crippen molar-refractivity contribution in [1.82, 2.24) is 25.3 Å². The number of nitrogens with one attached hydrogen (secondary N) is 2. The van der Waals surface area contributed by atoms with Gasteiger partial charge in [-0.25, -0.2) is 0 Å². The van der Waals surface area contributed by atoms with Crippen LogP contribution in [0, 0.1) is 16.7 Å². The molecule has 0 aliphatic carbocycles. The lowest BCUT2D eigenvalue weighted by Gasteiger charge is -2.38. The molecule has 4 aliphatic heterocycles. The summed E-state index contributed by atoms with van der Waals surface area (Å²) >= 11 is 0. The van der Waals surface area contributed by atoms with Crippen LogP contribution in [-0.2, 0) is 9.47 Å². The fraction of sp³-hybridized carbons (Fsp3) is 1.00. The van der Waals surface area contributed by atoms with Gasteiger partial charge in [0.25, 0.3) is 0 Å². The summed E-state index contributed by atoms with van der Waals surface area (Å²) in [6.07, 6.45) is 4.27. The first-order valence-electron chi connectivity index (χ1n) is 17.3. The molecule has 4 rings (SSSR count). The molecule has 4 saturated heterocycles. The van der Waals surface area contributed by atoms with Gasteiger partial charge in [-0.3, -0.25) is 9.80 Å². The van der Waals surface area contributed by atoms with Gasteiger partial charge in [-0.1, -0.05) is 68.7 Å². The Morgan fingerprint density at radius 2 is 0.857 bits per heavy atom. The summed E-state index contributed by atoms with van der Waals surface area (Å²) in [7, 11) is 0. The first-order chi connectivity index (χ1) is 19.5. The molecule has 7 heteroatoms. The summed E-state index contributed by atoms with van der Waals surface area (Å²) < 4.78 is 10.5. The number of ether oxygens (including phenoxy) is 2. The van der Waals surface area contributed by atoms with E-state index < -0.39 is 0 Å². The van der Waals surface area contributed by atoms with Crippen LogP contribution in [0.3, 0.4) is 0 Å². The SMILES string of the molecule is C1CNCCN1.CC(C)(C)CN1CCCCC1.CC(C)(C)CN1CCOCC1.CC(C)(C)N1CCOCC1.CC(C)C. The Balaban J connectivity index is 0.000000520. The molecule has 0 aromatic heterocycles. The molecule has 0 bridgehead atoms. The van der Waals surface area contributed by atoms with Crippen molar-refractivity contribution in [3.8, 4) is 0 Å². The smallest absolute Gasteiger partial charge is 0.0594 e. The van der Waals surface area contributed by atoms with E-state index in [1.165, 1.54) is 45.4 Å². The van der Waals surface area contributed by atoms with Crippen molar-refractivity contribution in [3.05, 3.63) is 0 Å². The molecule has 0 amide bonds. The zero-order valence-electron chi connectivity index (χ0n) is 30.7. The fourth-order valence-corrected chi connectivity index (χ4v) is 5.06. The second kappa shape index (κ2) is 23.1. The van der Waals surface area contributed by atoms with Crippen LogP contribution < -0.4 is 10.6 Å². The van der Waals surface area contributed by atoms with Crippen LogP contribution in [0.5, 0.6) is 0 Å². The summed E-state index contributed by atoms with van der Waals surface area (Å²) in [6, 6.07) is 0. The molecule has 0 atom stereocenters. The number of hydrogen-bond acceptors (Lipinski definition) is 7. The highest BCUT2D eigenvalue weighted by Gasteiger charge is 2.22. The molecule has 254 valence electrons. The first-order valence-corrected chi connectivity index (χ1v) is 17.3. The molecule has 0 aromatic rings. The highest BCUT2D eigenvalue weighted by atomic mass is 16.5. The van der Waals surface area contributed by atoms with E-state index >= 15 is 0 Å². The largest absolute Gasteiger partial charge is 0.379 e. The Labute approximate surface area is 264 Å². The molecule has 4 fully saturated rings. The van der Waals surface area contributed by atoms with E-state index in [4.69, 9.17) is 9.47 Å². The van der Waals surface area contributed by atoms with Crippen LogP contribution >= 0.6 is 0 Å². The van der Waals surface area contributed by atoms with Gasteiger partial charge >= 0.3 is 0 Å². The summed E-state index contributed by atoms with van der Waals surface area (Å²) in [5.41, 5.74) is 1.23. The summed E-state index contributed by atoms with van der Waals surface area (Å²) in [4.78, 5) is 7.53. The summed E-state index contributed by atoms with van der Waals surface area (Å²) in [5.74, 6) is 0.833. The van der Waals surface area contributed by atoms with Gasteiger partial charge < -0.3 is 25.0 Å². The topological polar surface area (TPSA) is 52.2 Å². The van der Waals surface area contributed by atoms with Crippen LogP contribution in [0.15, 0.2) is 0 Å². The van der Waals surface area contributed by atoms with Crippen LogP contribution in [0.1, 0.15) is 102 Å². The molecular formula is C35H77N5O2. The zero-order chi connectivity index (χ0) is 32.1. The van der Waals surface area contributed by atoms with Gasteiger partial charge in [0.15, 0.2) is 0 Å². The second-order valence-electron chi connectivity index (χ2n) is 16.3. The lowest BCUT2D eigenvalue weighted by molar-refractivity contribution is -0.00389. The van der Waals surface area contributed by atoms with E-state index in [2.05, 4.69) is 108 Å². The highest BCUT2D eigenvalue weighted by Crippen LogP contribution is 2.18. The van der Waals surface area contributed by atoms with Crippen molar-refractivity contribution < 1.29 is 9.47 Å². The number of rotatable bonds is 2. The van der Waals surface area contributed by atoms with Crippen molar-refractivity contribution >= 4 is 0 Å². The average molecular weight is 600 g/mol. The average Bonchev–Trinajstić information content (AvgIpc) is 2.90. The lowest BCUT2D eigenvalue weighted by atomic mass is 9.95. The molecule has 0 spiro atoms. The molecule has 0 unspecified atom stereocenters. The van der Waals surface area contributed by atoms with E-state index in [9.17, 15) is 0 Å². The van der Waals surface area contributed by atoms with Gasteiger partial charge in [-0.15, -0.1) is 0 Å². The van der Waals surface area contributed by atoms with Crippen LogP contribution in [0.4, 0.5) is 0 Å². The maximum absolute atomic E-state index is 5.27. The van der Waals surface area contributed by atoms with E-state index in [1.807, 2.05) is 0 Å². The molecule has 7 nitrogen and oxygen atoms in total. The lowest BCUT2D eigenvalue weighted by Crippen LogP contribution is -2.47. The van der Waals surface area contributed by atoms with Gasteiger partial charge in [-0.05, 0) is 63.5 Å². The Hall–Kier alpha value is -0.280. The van der Waals surface area contributed by atoms with E-state index in [1.54, 1.807) is 0 Å². The Morgan fingerprint density at radius 1 is 0.524 bits per heavy atom. The van der Waals surface area contributed by atoms with Gasteiger partial charge in [0.05, 0.1) is 26.4 Å². The van der Waals surface area contributed by atoms with Crippen molar-refractivity contribution in [1.29, 1.82) is 0 Å². The van der Waals surface area contributed by atoms with Crippen molar-refractivity contribution in [2.45, 2.75) is 108 Å². The molecule has 4 heterocycles. The molecule has 4 aliphatic rings. The van der Waals surface area contributed by atoms with Gasteiger partial charge in [0.1, 0.15) is 0 Å². The quantitative estimate of drug-likeness (QED) is 0.414. The number of nitrogens with zero attached hydrogens (tertiary/aromatic N) is 3. The number of likely N-dealkylation sites (tertiary alicyclic amines) is 1. The monoisotopic (exact) mass is 600 g/mol. The Morgan fingerprint density at radius 3 is 1.14 bits per heavy atom. The predicted octanol–water partition coefficient (Wildman–Crippen LogP) is 5.84. The van der Waals surface area contributed by atoms with Gasteiger partial charge in [-0.2, -0.15) is 0 Å². The van der Waals surface area contributed by atoms with E-state index in [0.29, 0.717) is 16.4 Å². The van der Waals surface area contributed by atoms with Crippen molar-refractivity contribution in [2.24, 2.45) is 16.7 Å². The van der Waals surface area contributed by atoms with Crippen LogP contribution in [-0.4, -0.2) is 125 Å². The molecule has 42 heavy (non-hydrogen) atoms. The second-order valence-corrected chi connectivity index (χ2v) is 16.3. The fourth-order valence-electron chi connectivity index (χ4n) is 5.06. The Bertz CT molecular complexity index is 544. The van der Waals surface area contributed by atoms with E-state index in [0.717, 1.165) is 84.7 Å². The summed E-state index contributed by atoms with van der Waals surface area (Å²) in [6.45, 7) is 44.7. The van der Waals surface area contributed by atoms with Crippen LogP contribution in [0.25, 0.3) is 0 Å². The van der Waals surface area contributed by atoms with Gasteiger partial charge in [0, 0.05) is 71.0 Å². The minimum Gasteiger partial charge on any atom is -0.379 e. The molecule has 2 N–H and O–H groups in total. The third kappa shape index (κ3) is 28.5. The minimum absolute atomic E-state index is 0.323. The zero-order valence-corrected chi connectivity index (χ0v) is 30.7. The van der Waals surface area contributed by atoms with Crippen molar-refractivity contribution in [2.75, 3.05) is 105 Å². The Kier molecular flexibility index (Phi) is 23.0. The predicted molar refractivity (Wildman–Crippen MR) is 185 cm³/mol. The maximum Gasteiger partial charge on any atom is 0.0594 e. The molecular weight excluding hydrogens is 522 g/mol. The van der Waals surface area contributed by atoms with Crippen molar-refractivity contribution in [3.63, 3.8) is 0 Å². The number of morpholine rings is 2. The third-order valence-electron chi connectivity index (χ3n) is 6.87. The highest BCUT2D eigenvalue weighted by molar-refractivity contribution is 4.77. The molecule has 0 saturated carbocycles. The number of hydrogen-bond donors (Lipinski definition) is 2. The third-order valence-corrected chi connectivity index (χ3v) is 6.87. The first kappa shape index (κ1) is 41.7.